The average Bonchev–Trinajstić information content (AvgIpc) is 3.26. The molecular formula is C27H33FN2O4S. The molecule has 0 atom stereocenters. The maximum Gasteiger partial charge on any atom is 0.244 e. The zero-order chi connectivity index (χ0) is 25.8. The topological polar surface area (TPSA) is 70.8 Å². The van der Waals surface area contributed by atoms with Gasteiger partial charge in [-0.25, -0.2) is 12.8 Å². The largest absolute Gasteiger partial charge is 0.467 e. The number of sulfonamides is 1. The highest BCUT2D eigenvalue weighted by Gasteiger charge is 2.31. The predicted molar refractivity (Wildman–Crippen MR) is 134 cm³/mol. The monoisotopic (exact) mass is 500 g/mol. The van der Waals surface area contributed by atoms with Crippen molar-refractivity contribution in [2.24, 2.45) is 5.92 Å². The molecule has 0 fully saturated rings. The first-order valence-corrected chi connectivity index (χ1v) is 13.0. The van der Waals surface area contributed by atoms with Crippen LogP contribution in [0.3, 0.4) is 0 Å². The summed E-state index contributed by atoms with van der Waals surface area (Å²) in [6.07, 6.45) is 1.52. The minimum absolute atomic E-state index is 0.0132. The van der Waals surface area contributed by atoms with Crippen molar-refractivity contribution in [1.29, 1.82) is 0 Å². The fourth-order valence-electron chi connectivity index (χ4n) is 4.24. The van der Waals surface area contributed by atoms with Gasteiger partial charge in [0.25, 0.3) is 0 Å². The van der Waals surface area contributed by atoms with Gasteiger partial charge in [0.05, 0.1) is 24.2 Å². The van der Waals surface area contributed by atoms with E-state index in [1.54, 1.807) is 38.1 Å². The Morgan fingerprint density at radius 1 is 1.00 bits per heavy atom. The van der Waals surface area contributed by atoms with Crippen LogP contribution >= 0.6 is 0 Å². The third-order valence-electron chi connectivity index (χ3n) is 5.65. The molecule has 0 saturated carbocycles. The minimum atomic E-state index is -3.93. The zero-order valence-corrected chi connectivity index (χ0v) is 21.7. The number of carbonyl (C=O) groups excluding carboxylic acids is 1. The van der Waals surface area contributed by atoms with Gasteiger partial charge in [-0.2, -0.15) is 4.31 Å². The lowest BCUT2D eigenvalue weighted by atomic mass is 10.1. The summed E-state index contributed by atoms with van der Waals surface area (Å²) in [5, 5.41) is 0. The Kier molecular flexibility index (Phi) is 8.51. The molecule has 1 heterocycles. The van der Waals surface area contributed by atoms with E-state index in [2.05, 4.69) is 0 Å². The van der Waals surface area contributed by atoms with Crippen LogP contribution in [0.1, 0.15) is 41.9 Å². The van der Waals surface area contributed by atoms with Gasteiger partial charge in [-0.1, -0.05) is 43.7 Å². The van der Waals surface area contributed by atoms with Crippen LogP contribution in [0.2, 0.25) is 0 Å². The molecule has 0 bridgehead atoms. The maximum atomic E-state index is 13.8. The van der Waals surface area contributed by atoms with Crippen LogP contribution in [0, 0.1) is 32.5 Å². The highest BCUT2D eigenvalue weighted by molar-refractivity contribution is 7.89. The van der Waals surface area contributed by atoms with Gasteiger partial charge in [0.15, 0.2) is 0 Å². The van der Waals surface area contributed by atoms with E-state index in [0.717, 1.165) is 11.1 Å². The zero-order valence-electron chi connectivity index (χ0n) is 20.9. The van der Waals surface area contributed by atoms with Gasteiger partial charge in [0, 0.05) is 13.1 Å². The molecule has 0 spiro atoms. The van der Waals surface area contributed by atoms with E-state index in [0.29, 0.717) is 16.9 Å². The number of rotatable bonds is 10. The van der Waals surface area contributed by atoms with Gasteiger partial charge in [-0.3, -0.25) is 4.79 Å². The fraction of sp³-hybridized carbons (Fsp3) is 0.370. The smallest absolute Gasteiger partial charge is 0.244 e. The van der Waals surface area contributed by atoms with Crippen molar-refractivity contribution in [3.8, 4) is 0 Å². The minimum Gasteiger partial charge on any atom is -0.467 e. The molecule has 3 rings (SSSR count). The lowest BCUT2D eigenvalue weighted by Gasteiger charge is -2.29. The molecule has 188 valence electrons. The van der Waals surface area contributed by atoms with Crippen molar-refractivity contribution in [2.75, 3.05) is 13.1 Å². The van der Waals surface area contributed by atoms with Crippen molar-refractivity contribution in [1.82, 2.24) is 9.21 Å². The third kappa shape index (κ3) is 6.80. The van der Waals surface area contributed by atoms with E-state index in [-0.39, 0.29) is 48.7 Å². The first-order chi connectivity index (χ1) is 16.5. The van der Waals surface area contributed by atoms with Gasteiger partial charge in [0.2, 0.25) is 15.9 Å². The Labute approximate surface area is 207 Å². The standard InChI is InChI=1S/C27H33FN2O4S/c1-19(2)15-30(35(32,33)27-21(4)13-20(3)14-22(27)5)18-26(31)29(17-25-7-6-12-34-25)16-23-8-10-24(28)11-9-23/h6-14,19H,15-18H2,1-5H3. The van der Waals surface area contributed by atoms with Gasteiger partial charge < -0.3 is 9.32 Å². The summed E-state index contributed by atoms with van der Waals surface area (Å²) in [5.41, 5.74) is 3.02. The Morgan fingerprint density at radius 3 is 2.17 bits per heavy atom. The molecule has 0 saturated heterocycles. The molecule has 0 unspecified atom stereocenters. The Hall–Kier alpha value is -2.97. The van der Waals surface area contributed by atoms with Crippen molar-refractivity contribution in [3.63, 3.8) is 0 Å². The Balaban J connectivity index is 1.93. The van der Waals surface area contributed by atoms with Gasteiger partial charge >= 0.3 is 0 Å². The lowest BCUT2D eigenvalue weighted by Crippen LogP contribution is -2.44. The number of hydrogen-bond donors (Lipinski definition) is 0. The van der Waals surface area contributed by atoms with Crippen molar-refractivity contribution in [2.45, 2.75) is 52.6 Å². The van der Waals surface area contributed by atoms with E-state index in [1.807, 2.05) is 32.9 Å². The summed E-state index contributed by atoms with van der Waals surface area (Å²) in [6.45, 7) is 9.57. The fourth-order valence-corrected chi connectivity index (χ4v) is 6.21. The molecule has 3 aromatic rings. The maximum absolute atomic E-state index is 13.8. The summed E-state index contributed by atoms with van der Waals surface area (Å²) in [4.78, 5) is 15.3. The highest BCUT2D eigenvalue weighted by Crippen LogP contribution is 2.26. The van der Waals surface area contributed by atoms with E-state index >= 15 is 0 Å². The lowest BCUT2D eigenvalue weighted by molar-refractivity contribution is -0.133. The number of amides is 1. The summed E-state index contributed by atoms with van der Waals surface area (Å²) in [7, 11) is -3.93. The number of hydrogen-bond acceptors (Lipinski definition) is 4. The number of furan rings is 1. The van der Waals surface area contributed by atoms with Gasteiger partial charge in [-0.15, -0.1) is 0 Å². The second-order valence-corrected chi connectivity index (χ2v) is 11.2. The van der Waals surface area contributed by atoms with Crippen LogP contribution in [0.25, 0.3) is 0 Å². The second kappa shape index (κ2) is 11.2. The summed E-state index contributed by atoms with van der Waals surface area (Å²) < 4.78 is 47.7. The first kappa shape index (κ1) is 26.6. The van der Waals surface area contributed by atoms with E-state index in [1.165, 1.54) is 27.6 Å². The number of nitrogens with zero attached hydrogens (tertiary/aromatic N) is 2. The quantitative estimate of drug-likeness (QED) is 0.383. The molecule has 1 aromatic heterocycles. The van der Waals surface area contributed by atoms with Crippen molar-refractivity contribution >= 4 is 15.9 Å². The second-order valence-electron chi connectivity index (χ2n) is 9.37. The highest BCUT2D eigenvalue weighted by atomic mass is 32.2. The molecular weight excluding hydrogens is 467 g/mol. The van der Waals surface area contributed by atoms with Crippen LogP contribution in [0.5, 0.6) is 0 Å². The molecule has 6 nitrogen and oxygen atoms in total. The van der Waals surface area contributed by atoms with Crippen LogP contribution in [0.4, 0.5) is 4.39 Å². The molecule has 1 amide bonds. The van der Waals surface area contributed by atoms with Gasteiger partial charge in [0.1, 0.15) is 11.6 Å². The molecule has 0 radical (unpaired) electrons. The Morgan fingerprint density at radius 2 is 1.63 bits per heavy atom. The normalized spacial score (nSPS) is 11.9. The van der Waals surface area contributed by atoms with E-state index in [4.69, 9.17) is 4.42 Å². The van der Waals surface area contributed by atoms with Crippen LogP contribution < -0.4 is 0 Å². The summed E-state index contributed by atoms with van der Waals surface area (Å²) >= 11 is 0. The first-order valence-electron chi connectivity index (χ1n) is 11.6. The predicted octanol–water partition coefficient (Wildman–Crippen LogP) is 5.22. The van der Waals surface area contributed by atoms with Crippen molar-refractivity contribution in [3.05, 3.63) is 88.6 Å². The summed E-state index contributed by atoms with van der Waals surface area (Å²) in [6, 6.07) is 13.1. The molecule has 2 aromatic carbocycles. The van der Waals surface area contributed by atoms with Crippen LogP contribution in [-0.4, -0.2) is 36.6 Å². The SMILES string of the molecule is Cc1cc(C)c(S(=O)(=O)N(CC(=O)N(Cc2ccc(F)cc2)Cc2ccco2)CC(C)C)c(C)c1. The number of aryl methyl sites for hydroxylation is 3. The number of carbonyl (C=O) groups is 1. The molecule has 0 aliphatic heterocycles. The Bertz CT molecular complexity index is 1230. The average molecular weight is 501 g/mol. The number of halogens is 1. The van der Waals surface area contributed by atoms with E-state index in [9.17, 15) is 17.6 Å². The number of benzene rings is 2. The summed E-state index contributed by atoms with van der Waals surface area (Å²) in [5.74, 6) is -0.142. The molecule has 0 aliphatic rings. The molecule has 35 heavy (non-hydrogen) atoms. The molecule has 0 aliphatic carbocycles. The molecule has 0 N–H and O–H groups in total. The van der Waals surface area contributed by atoms with E-state index < -0.39 is 10.0 Å². The van der Waals surface area contributed by atoms with Crippen molar-refractivity contribution < 1.29 is 22.0 Å². The third-order valence-corrected chi connectivity index (χ3v) is 7.77. The van der Waals surface area contributed by atoms with Gasteiger partial charge in [-0.05, 0) is 67.6 Å². The molecule has 8 heteroatoms. The van der Waals surface area contributed by atoms with Crippen LogP contribution in [0.15, 0.2) is 64.1 Å². The van der Waals surface area contributed by atoms with Crippen LogP contribution in [-0.2, 0) is 27.9 Å².